The van der Waals surface area contributed by atoms with Crippen molar-refractivity contribution in [3.8, 4) is 17.2 Å². The molecule has 6 nitrogen and oxygen atoms in total. The minimum absolute atomic E-state index is 0.0184. The summed E-state index contributed by atoms with van der Waals surface area (Å²) in [5.74, 6) is 1.03. The highest BCUT2D eigenvalue weighted by Gasteiger charge is 2.39. The predicted octanol–water partition coefficient (Wildman–Crippen LogP) is 4.37. The van der Waals surface area contributed by atoms with Crippen molar-refractivity contribution in [3.05, 3.63) is 63.8 Å². The van der Waals surface area contributed by atoms with Crippen molar-refractivity contribution in [1.82, 2.24) is 5.32 Å². The third kappa shape index (κ3) is 3.88. The van der Waals surface area contributed by atoms with Crippen molar-refractivity contribution in [2.45, 2.75) is 31.1 Å². The highest BCUT2D eigenvalue weighted by Crippen LogP contribution is 2.46. The van der Waals surface area contributed by atoms with Crippen LogP contribution in [0, 0.1) is 0 Å². The van der Waals surface area contributed by atoms with Crippen molar-refractivity contribution in [2.24, 2.45) is 0 Å². The fourth-order valence-corrected chi connectivity index (χ4v) is 4.82. The van der Waals surface area contributed by atoms with Crippen molar-refractivity contribution in [2.75, 3.05) is 21.3 Å². The monoisotopic (exact) mass is 441 g/mol. The molecular formula is C24H24ClNO5. The minimum atomic E-state index is -0.328. The molecule has 0 radical (unpaired) electrons. The molecule has 0 aromatic heterocycles. The minimum Gasteiger partial charge on any atom is -0.493 e. The lowest BCUT2D eigenvalue weighted by Crippen LogP contribution is -2.38. The maximum absolute atomic E-state index is 13.3. The summed E-state index contributed by atoms with van der Waals surface area (Å²) < 4.78 is 16.3. The van der Waals surface area contributed by atoms with Crippen LogP contribution in [0.4, 0.5) is 0 Å². The zero-order chi connectivity index (χ0) is 22.1. The van der Waals surface area contributed by atoms with Gasteiger partial charge in [-0.1, -0.05) is 29.8 Å². The van der Waals surface area contributed by atoms with Crippen LogP contribution < -0.4 is 19.5 Å². The van der Waals surface area contributed by atoms with Gasteiger partial charge in [0.25, 0.3) is 0 Å². The van der Waals surface area contributed by atoms with Gasteiger partial charge in [0.2, 0.25) is 11.7 Å². The molecule has 0 saturated heterocycles. The third-order valence-corrected chi connectivity index (χ3v) is 6.32. The normalized spacial score (nSPS) is 20.8. The summed E-state index contributed by atoms with van der Waals surface area (Å²) >= 11 is 6.40. The number of halogens is 1. The number of hydrogen-bond donors (Lipinski definition) is 1. The Morgan fingerprint density at radius 3 is 2.23 bits per heavy atom. The molecule has 4 rings (SSSR count). The largest absolute Gasteiger partial charge is 0.493 e. The second-order valence-electron chi connectivity index (χ2n) is 7.71. The number of hydrogen-bond acceptors (Lipinski definition) is 5. The van der Waals surface area contributed by atoms with E-state index < -0.39 is 0 Å². The van der Waals surface area contributed by atoms with Gasteiger partial charge in [-0.05, 0) is 41.7 Å². The molecule has 2 atom stereocenters. The maximum atomic E-state index is 13.3. The van der Waals surface area contributed by atoms with E-state index in [0.717, 1.165) is 11.1 Å². The van der Waals surface area contributed by atoms with Crippen LogP contribution in [0.5, 0.6) is 17.2 Å². The summed E-state index contributed by atoms with van der Waals surface area (Å²) in [5.41, 5.74) is 3.04. The van der Waals surface area contributed by atoms with Crippen LogP contribution in [0.15, 0.2) is 47.7 Å². The van der Waals surface area contributed by atoms with Gasteiger partial charge in [-0.3, -0.25) is 9.59 Å². The lowest BCUT2D eigenvalue weighted by atomic mass is 9.73. The number of carbonyl (C=O) groups excluding carboxylic acids is 2. The molecule has 0 saturated carbocycles. The van der Waals surface area contributed by atoms with Crippen LogP contribution in [-0.4, -0.2) is 33.0 Å². The van der Waals surface area contributed by atoms with Crippen molar-refractivity contribution in [3.63, 3.8) is 0 Å². The topological polar surface area (TPSA) is 73.9 Å². The Morgan fingerprint density at radius 2 is 1.61 bits per heavy atom. The van der Waals surface area contributed by atoms with Crippen molar-refractivity contribution >= 4 is 23.3 Å². The molecular weight excluding hydrogens is 418 g/mol. The van der Waals surface area contributed by atoms with Crippen molar-refractivity contribution < 1.29 is 23.8 Å². The van der Waals surface area contributed by atoms with Gasteiger partial charge >= 0.3 is 0 Å². The first-order valence-corrected chi connectivity index (χ1v) is 10.4. The number of ether oxygens (including phenoxy) is 3. The Labute approximate surface area is 186 Å². The van der Waals surface area contributed by atoms with Crippen LogP contribution in [-0.2, 0) is 9.59 Å². The van der Waals surface area contributed by atoms with E-state index in [4.69, 9.17) is 25.8 Å². The predicted molar refractivity (Wildman–Crippen MR) is 117 cm³/mol. The maximum Gasteiger partial charge on any atom is 0.225 e. The van der Waals surface area contributed by atoms with E-state index in [1.165, 1.54) is 0 Å². The molecule has 1 N–H and O–H groups in total. The summed E-state index contributed by atoms with van der Waals surface area (Å²) in [4.78, 5) is 25.8. The lowest BCUT2D eigenvalue weighted by Gasteiger charge is -2.35. The van der Waals surface area contributed by atoms with Crippen LogP contribution in [0.25, 0.3) is 0 Å². The SMILES string of the molecule is COc1cc([C@@H]2CC(=O)C3=C(C2)NC(=O)C[C@@H]3c2ccccc2Cl)cc(OC)c1OC. The van der Waals surface area contributed by atoms with E-state index in [1.807, 2.05) is 30.3 Å². The van der Waals surface area contributed by atoms with Gasteiger partial charge in [0.1, 0.15) is 0 Å². The van der Waals surface area contributed by atoms with Crippen molar-refractivity contribution in [1.29, 1.82) is 0 Å². The number of carbonyl (C=O) groups is 2. The van der Waals surface area contributed by atoms with Crippen LogP contribution in [0.1, 0.15) is 42.2 Å². The summed E-state index contributed by atoms with van der Waals surface area (Å²) in [5, 5.41) is 3.50. The highest BCUT2D eigenvalue weighted by molar-refractivity contribution is 6.31. The molecule has 7 heteroatoms. The van der Waals surface area contributed by atoms with Gasteiger partial charge in [-0.2, -0.15) is 0 Å². The third-order valence-electron chi connectivity index (χ3n) is 5.98. The number of ketones is 1. The molecule has 2 aromatic rings. The second kappa shape index (κ2) is 8.63. The van der Waals surface area contributed by atoms with Crippen LogP contribution in [0.3, 0.4) is 0 Å². The van der Waals surface area contributed by atoms with Gasteiger partial charge in [0.15, 0.2) is 17.3 Å². The van der Waals surface area contributed by atoms with E-state index >= 15 is 0 Å². The first-order chi connectivity index (χ1) is 15.0. The first kappa shape index (κ1) is 21.2. The summed E-state index contributed by atoms with van der Waals surface area (Å²) in [6.45, 7) is 0. The zero-order valence-electron chi connectivity index (χ0n) is 17.7. The molecule has 31 heavy (non-hydrogen) atoms. The van der Waals surface area contributed by atoms with Gasteiger partial charge in [-0.25, -0.2) is 0 Å². The van der Waals surface area contributed by atoms with E-state index in [-0.39, 0.29) is 29.9 Å². The lowest BCUT2D eigenvalue weighted by molar-refractivity contribution is -0.122. The molecule has 2 aliphatic rings. The number of allylic oxidation sites excluding steroid dienone is 2. The van der Waals surface area contributed by atoms with E-state index in [1.54, 1.807) is 27.4 Å². The fourth-order valence-electron chi connectivity index (χ4n) is 4.56. The van der Waals surface area contributed by atoms with Crippen LogP contribution >= 0.6 is 11.6 Å². The molecule has 0 spiro atoms. The van der Waals surface area contributed by atoms with Gasteiger partial charge in [0, 0.05) is 35.1 Å². The molecule has 2 aromatic carbocycles. The zero-order valence-corrected chi connectivity index (χ0v) is 18.4. The molecule has 1 aliphatic carbocycles. The highest BCUT2D eigenvalue weighted by atomic mass is 35.5. The summed E-state index contributed by atoms with van der Waals surface area (Å²) in [6.07, 6.45) is 1.07. The standard InChI is InChI=1S/C24H24ClNO5/c1-29-20-10-14(11-21(30-2)24(20)31-3)13-8-18-23(19(27)9-13)16(12-22(28)26-18)15-6-4-5-7-17(15)25/h4-7,10-11,13,16H,8-9,12H2,1-3H3,(H,26,28)/t13-,16+/m0/s1. The molecule has 162 valence electrons. The van der Waals surface area contributed by atoms with E-state index in [2.05, 4.69) is 5.32 Å². The average Bonchev–Trinajstić information content (AvgIpc) is 2.77. The quantitative estimate of drug-likeness (QED) is 0.745. The summed E-state index contributed by atoms with van der Waals surface area (Å²) in [6, 6.07) is 11.1. The number of amides is 1. The Balaban J connectivity index is 1.74. The number of nitrogens with one attached hydrogen (secondary N) is 1. The van der Waals surface area contributed by atoms with E-state index in [9.17, 15) is 9.59 Å². The van der Waals surface area contributed by atoms with E-state index in [0.29, 0.717) is 46.4 Å². The molecule has 0 unspecified atom stereocenters. The number of rotatable bonds is 5. The number of benzene rings is 2. The molecule has 1 aliphatic heterocycles. The summed E-state index contributed by atoms with van der Waals surface area (Å²) in [7, 11) is 4.67. The Bertz CT molecular complexity index is 1050. The Kier molecular flexibility index (Phi) is 5.92. The number of methoxy groups -OCH3 is 3. The first-order valence-electron chi connectivity index (χ1n) is 10.1. The van der Waals surface area contributed by atoms with Gasteiger partial charge in [0.05, 0.1) is 21.3 Å². The number of Topliss-reactive ketones (excluding diaryl/α,β-unsaturated/α-hetero) is 1. The van der Waals surface area contributed by atoms with Gasteiger partial charge < -0.3 is 19.5 Å². The smallest absolute Gasteiger partial charge is 0.225 e. The molecule has 0 bridgehead atoms. The average molecular weight is 442 g/mol. The molecule has 1 amide bonds. The fraction of sp³-hybridized carbons (Fsp3) is 0.333. The Morgan fingerprint density at radius 1 is 0.935 bits per heavy atom. The molecule has 0 fully saturated rings. The second-order valence-corrected chi connectivity index (χ2v) is 8.11. The molecule has 1 heterocycles. The van der Waals surface area contributed by atoms with Crippen LogP contribution in [0.2, 0.25) is 5.02 Å². The van der Waals surface area contributed by atoms with Gasteiger partial charge in [-0.15, -0.1) is 0 Å². The Hall–Kier alpha value is -2.99.